The molecule has 0 spiro atoms. The zero-order chi connectivity index (χ0) is 10.4. The van der Waals surface area contributed by atoms with Gasteiger partial charge in [0.25, 0.3) is 0 Å². The van der Waals surface area contributed by atoms with E-state index in [2.05, 4.69) is 27.7 Å². The van der Waals surface area contributed by atoms with Crippen molar-refractivity contribution in [1.29, 1.82) is 0 Å². The molecule has 86 valence electrons. The molecule has 0 aromatic rings. The van der Waals surface area contributed by atoms with Gasteiger partial charge in [0.2, 0.25) is 0 Å². The zero-order valence-electron chi connectivity index (χ0n) is 8.75. The van der Waals surface area contributed by atoms with Crippen molar-refractivity contribution in [3.8, 4) is 0 Å². The molecule has 0 fully saturated rings. The molecule has 0 saturated heterocycles. The van der Waals surface area contributed by atoms with Gasteiger partial charge in [0.1, 0.15) is 6.10 Å². The van der Waals surface area contributed by atoms with Gasteiger partial charge in [0.05, 0.1) is 13.2 Å². The van der Waals surface area contributed by atoms with E-state index in [0.717, 1.165) is 0 Å². The lowest BCUT2D eigenvalue weighted by atomic mass is 10.4. The molecule has 0 aliphatic heterocycles. The Balaban J connectivity index is -0.0000000501. The Kier molecular flexibility index (Phi) is 52.7. The minimum atomic E-state index is -0.954. The highest BCUT2D eigenvalue weighted by Gasteiger charge is 1.93. The van der Waals surface area contributed by atoms with Crippen LogP contribution in [-0.4, -0.2) is 34.6 Å². The summed E-state index contributed by atoms with van der Waals surface area (Å²) < 4.78 is 0. The molecule has 3 heteroatoms. The molecule has 0 bridgehead atoms. The minimum absolute atomic E-state index is 0. The predicted octanol–water partition coefficient (Wildman–Crippen LogP) is 1.80. The second kappa shape index (κ2) is 29.7. The van der Waals surface area contributed by atoms with E-state index in [1.807, 2.05) is 0 Å². The average molecular weight is 196 g/mol. The second-order valence-corrected chi connectivity index (χ2v) is 2.43. The molecule has 13 heavy (non-hydrogen) atoms. The van der Waals surface area contributed by atoms with E-state index < -0.39 is 6.10 Å². The fourth-order valence-corrected chi connectivity index (χ4v) is 0.0577. The maximum Gasteiger partial charge on any atom is 0.100 e. The van der Waals surface area contributed by atoms with E-state index in [1.165, 1.54) is 12.8 Å². The summed E-state index contributed by atoms with van der Waals surface area (Å²) in [5.74, 6) is 0. The van der Waals surface area contributed by atoms with E-state index in [4.69, 9.17) is 15.3 Å². The molecule has 0 aromatic carbocycles. The highest BCUT2D eigenvalue weighted by atomic mass is 16.3. The first kappa shape index (κ1) is 23.1. The summed E-state index contributed by atoms with van der Waals surface area (Å²) >= 11 is 0. The van der Waals surface area contributed by atoms with Gasteiger partial charge in [-0.25, -0.2) is 0 Å². The quantitative estimate of drug-likeness (QED) is 0.631. The van der Waals surface area contributed by atoms with Gasteiger partial charge < -0.3 is 15.3 Å². The van der Waals surface area contributed by atoms with Gasteiger partial charge in [-0.15, -0.1) is 0 Å². The van der Waals surface area contributed by atoms with Crippen LogP contribution in [0.3, 0.4) is 0 Å². The lowest BCUT2D eigenvalue weighted by Crippen LogP contribution is -2.15. The van der Waals surface area contributed by atoms with Gasteiger partial charge in [-0.05, 0) is 0 Å². The molecule has 0 aliphatic rings. The Bertz CT molecular complexity index is 43.4. The summed E-state index contributed by atoms with van der Waals surface area (Å²) in [6.45, 7) is 7.77. The van der Waals surface area contributed by atoms with Crippen molar-refractivity contribution in [2.75, 3.05) is 13.2 Å². The molecule has 0 unspecified atom stereocenters. The minimum Gasteiger partial charge on any atom is -0.394 e. The standard InChI is InChI=1S/C3H8O3.2C3H8.CH4/c4-1-3(6)2-5;2*1-3-2;/h3-6H,1-2H2;2*3H2,1-2H3;1H4. The topological polar surface area (TPSA) is 60.7 Å². The molecule has 0 heterocycles. The van der Waals surface area contributed by atoms with E-state index in [9.17, 15) is 0 Å². The van der Waals surface area contributed by atoms with Gasteiger partial charge in [-0.1, -0.05) is 48.0 Å². The van der Waals surface area contributed by atoms with Crippen molar-refractivity contribution >= 4 is 0 Å². The summed E-state index contributed by atoms with van der Waals surface area (Å²) in [4.78, 5) is 0. The van der Waals surface area contributed by atoms with Gasteiger partial charge in [0.15, 0.2) is 0 Å². The van der Waals surface area contributed by atoms with Crippen molar-refractivity contribution in [2.45, 2.75) is 54.1 Å². The van der Waals surface area contributed by atoms with Crippen LogP contribution in [0.15, 0.2) is 0 Å². The van der Waals surface area contributed by atoms with Crippen LogP contribution in [0, 0.1) is 0 Å². The first-order valence-corrected chi connectivity index (χ1v) is 4.54. The summed E-state index contributed by atoms with van der Waals surface area (Å²) in [7, 11) is 0. The maximum atomic E-state index is 8.17. The lowest BCUT2D eigenvalue weighted by Gasteiger charge is -1.96. The van der Waals surface area contributed by atoms with Gasteiger partial charge >= 0.3 is 0 Å². The van der Waals surface area contributed by atoms with Crippen molar-refractivity contribution in [3.05, 3.63) is 0 Å². The van der Waals surface area contributed by atoms with Crippen LogP contribution in [0.5, 0.6) is 0 Å². The van der Waals surface area contributed by atoms with Crippen LogP contribution in [-0.2, 0) is 0 Å². The van der Waals surface area contributed by atoms with E-state index in [1.54, 1.807) is 0 Å². The Labute approximate surface area is 83.4 Å². The number of aliphatic hydroxyl groups is 3. The third kappa shape index (κ3) is 77.0. The molecular weight excluding hydrogens is 168 g/mol. The Morgan fingerprint density at radius 1 is 0.846 bits per heavy atom. The summed E-state index contributed by atoms with van der Waals surface area (Å²) in [5, 5.41) is 24.0. The number of hydrogen-bond acceptors (Lipinski definition) is 3. The predicted molar refractivity (Wildman–Crippen MR) is 58.8 cm³/mol. The molecule has 3 nitrogen and oxygen atoms in total. The van der Waals surface area contributed by atoms with Crippen LogP contribution >= 0.6 is 0 Å². The van der Waals surface area contributed by atoms with Gasteiger partial charge in [-0.3, -0.25) is 0 Å². The molecule has 0 radical (unpaired) electrons. The van der Waals surface area contributed by atoms with E-state index in [0.29, 0.717) is 0 Å². The molecule has 3 N–H and O–H groups in total. The smallest absolute Gasteiger partial charge is 0.100 e. The molecule has 0 amide bonds. The maximum absolute atomic E-state index is 8.17. The number of hydrogen-bond donors (Lipinski definition) is 3. The van der Waals surface area contributed by atoms with Crippen LogP contribution in [0.4, 0.5) is 0 Å². The SMILES string of the molecule is C.CCC.CCC.OCC(O)CO. The Hall–Kier alpha value is -0.120. The summed E-state index contributed by atoms with van der Waals surface area (Å²) in [6, 6.07) is 0. The number of aliphatic hydroxyl groups excluding tert-OH is 3. The fourth-order valence-electron chi connectivity index (χ4n) is 0.0577. The largest absolute Gasteiger partial charge is 0.394 e. The summed E-state index contributed by atoms with van der Waals surface area (Å²) in [6.07, 6.45) is 1.55. The van der Waals surface area contributed by atoms with Crippen LogP contribution < -0.4 is 0 Å². The highest BCUT2D eigenvalue weighted by Crippen LogP contribution is 1.71. The molecule has 0 saturated carbocycles. The molecule has 0 aromatic heterocycles. The van der Waals surface area contributed by atoms with Crippen molar-refractivity contribution in [3.63, 3.8) is 0 Å². The van der Waals surface area contributed by atoms with Crippen molar-refractivity contribution in [2.24, 2.45) is 0 Å². The summed E-state index contributed by atoms with van der Waals surface area (Å²) in [5.41, 5.74) is 0. The molecule has 0 rings (SSSR count). The van der Waals surface area contributed by atoms with Gasteiger partial charge in [0, 0.05) is 0 Å². The first-order valence-electron chi connectivity index (χ1n) is 4.54. The normalized spacial score (nSPS) is 7.38. The molecular formula is C10H28O3. The monoisotopic (exact) mass is 196 g/mol. The average Bonchev–Trinajstić information content (AvgIpc) is 2.06. The van der Waals surface area contributed by atoms with Gasteiger partial charge in [-0.2, -0.15) is 0 Å². The zero-order valence-corrected chi connectivity index (χ0v) is 8.75. The lowest BCUT2D eigenvalue weighted by molar-refractivity contribution is 0.0450. The van der Waals surface area contributed by atoms with Crippen LogP contribution in [0.25, 0.3) is 0 Å². The second-order valence-electron chi connectivity index (χ2n) is 2.43. The first-order chi connectivity index (χ1) is 5.64. The third-order valence-electron chi connectivity index (χ3n) is 0.421. The van der Waals surface area contributed by atoms with Crippen molar-refractivity contribution in [1.82, 2.24) is 0 Å². The van der Waals surface area contributed by atoms with Crippen LogP contribution in [0.1, 0.15) is 48.0 Å². The third-order valence-corrected chi connectivity index (χ3v) is 0.421. The highest BCUT2D eigenvalue weighted by molar-refractivity contribution is 4.43. The number of rotatable bonds is 2. The van der Waals surface area contributed by atoms with E-state index in [-0.39, 0.29) is 20.6 Å². The van der Waals surface area contributed by atoms with Crippen LogP contribution in [0.2, 0.25) is 0 Å². The molecule has 0 atom stereocenters. The van der Waals surface area contributed by atoms with Crippen molar-refractivity contribution < 1.29 is 15.3 Å². The Morgan fingerprint density at radius 3 is 1.00 bits per heavy atom. The van der Waals surface area contributed by atoms with E-state index >= 15 is 0 Å². The Morgan fingerprint density at radius 2 is 1.00 bits per heavy atom. The fraction of sp³-hybridized carbons (Fsp3) is 1.00. The molecule has 0 aliphatic carbocycles.